The first-order chi connectivity index (χ1) is 10.2. The topological polar surface area (TPSA) is 38.8 Å². The molecule has 0 aliphatic carbocycles. The number of halogens is 1. The van der Waals surface area contributed by atoms with Crippen molar-refractivity contribution >= 4 is 5.91 Å². The van der Waals surface area contributed by atoms with E-state index in [0.29, 0.717) is 30.9 Å². The molecule has 0 radical (unpaired) electrons. The molecule has 2 heterocycles. The first-order valence-electron chi connectivity index (χ1n) is 7.47. The molecular weight excluding hydrogens is 273 g/mol. The molecule has 1 aromatic carbocycles. The lowest BCUT2D eigenvalue weighted by molar-refractivity contribution is -0.100. The largest absolute Gasteiger partial charge is 0.348 e. The third kappa shape index (κ3) is 2.94. The molecule has 0 N–H and O–H groups in total. The summed E-state index contributed by atoms with van der Waals surface area (Å²) in [7, 11) is 0. The van der Waals surface area contributed by atoms with Crippen LogP contribution in [0.5, 0.6) is 0 Å². The minimum atomic E-state index is -0.345. The normalized spacial score (nSPS) is 23.5. The van der Waals surface area contributed by atoms with Gasteiger partial charge < -0.3 is 14.4 Å². The van der Waals surface area contributed by atoms with Gasteiger partial charge in [-0.25, -0.2) is 4.39 Å². The lowest BCUT2D eigenvalue weighted by atomic mass is 10.00. The summed E-state index contributed by atoms with van der Waals surface area (Å²) in [6, 6.07) is 4.57. The van der Waals surface area contributed by atoms with Gasteiger partial charge in [-0.05, 0) is 43.9 Å². The SMILES string of the molecule is Cc1ccc(C(=O)N2CCCCC2C2OCCO2)cc1F. The second-order valence-electron chi connectivity index (χ2n) is 5.64. The van der Waals surface area contributed by atoms with E-state index >= 15 is 0 Å². The summed E-state index contributed by atoms with van der Waals surface area (Å²) >= 11 is 0. The van der Waals surface area contributed by atoms with E-state index in [-0.39, 0.29) is 24.1 Å². The zero-order valence-corrected chi connectivity index (χ0v) is 12.2. The molecule has 5 heteroatoms. The molecule has 0 aromatic heterocycles. The average Bonchev–Trinajstić information content (AvgIpc) is 3.03. The van der Waals surface area contributed by atoms with Crippen molar-refractivity contribution < 1.29 is 18.7 Å². The molecule has 2 aliphatic heterocycles. The van der Waals surface area contributed by atoms with Gasteiger partial charge in [0.1, 0.15) is 5.82 Å². The van der Waals surface area contributed by atoms with Gasteiger partial charge in [-0.2, -0.15) is 0 Å². The molecular formula is C16H20FNO3. The number of hydrogen-bond acceptors (Lipinski definition) is 3. The predicted molar refractivity (Wildman–Crippen MR) is 75.5 cm³/mol. The summed E-state index contributed by atoms with van der Waals surface area (Å²) in [4.78, 5) is 14.5. The van der Waals surface area contributed by atoms with E-state index in [1.807, 2.05) is 0 Å². The third-order valence-electron chi connectivity index (χ3n) is 4.19. The summed E-state index contributed by atoms with van der Waals surface area (Å²) in [5, 5.41) is 0. The van der Waals surface area contributed by atoms with Crippen molar-refractivity contribution in [2.45, 2.75) is 38.5 Å². The fourth-order valence-electron chi connectivity index (χ4n) is 2.98. The molecule has 2 aliphatic rings. The van der Waals surface area contributed by atoms with E-state index < -0.39 is 0 Å². The smallest absolute Gasteiger partial charge is 0.254 e. The number of likely N-dealkylation sites (tertiary alicyclic amines) is 1. The molecule has 0 bridgehead atoms. The highest BCUT2D eigenvalue weighted by molar-refractivity contribution is 5.94. The summed E-state index contributed by atoms with van der Waals surface area (Å²) < 4.78 is 24.8. The van der Waals surface area contributed by atoms with Crippen LogP contribution in [0.15, 0.2) is 18.2 Å². The number of ether oxygens (including phenoxy) is 2. The Morgan fingerprint density at radius 3 is 2.76 bits per heavy atom. The van der Waals surface area contributed by atoms with Gasteiger partial charge in [0.2, 0.25) is 0 Å². The molecule has 2 fully saturated rings. The quantitative estimate of drug-likeness (QED) is 0.841. The van der Waals surface area contributed by atoms with Gasteiger partial charge in [0.05, 0.1) is 19.3 Å². The number of carbonyl (C=O) groups excluding carboxylic acids is 1. The highest BCUT2D eigenvalue weighted by Crippen LogP contribution is 2.26. The minimum absolute atomic E-state index is 0.0712. The lowest BCUT2D eigenvalue weighted by Crippen LogP contribution is -2.50. The molecule has 3 rings (SSSR count). The summed E-state index contributed by atoms with van der Waals surface area (Å²) in [5.74, 6) is -0.486. The van der Waals surface area contributed by atoms with Crippen molar-refractivity contribution in [2.75, 3.05) is 19.8 Å². The van der Waals surface area contributed by atoms with E-state index in [1.165, 1.54) is 6.07 Å². The second kappa shape index (κ2) is 6.12. The molecule has 0 spiro atoms. The van der Waals surface area contributed by atoms with Crippen molar-refractivity contribution in [2.24, 2.45) is 0 Å². The average molecular weight is 293 g/mol. The van der Waals surface area contributed by atoms with Gasteiger partial charge in [-0.3, -0.25) is 4.79 Å². The Morgan fingerprint density at radius 1 is 1.29 bits per heavy atom. The molecule has 1 unspecified atom stereocenters. The van der Waals surface area contributed by atoms with Crippen molar-refractivity contribution in [3.8, 4) is 0 Å². The van der Waals surface area contributed by atoms with Gasteiger partial charge in [-0.1, -0.05) is 6.07 Å². The number of amides is 1. The van der Waals surface area contributed by atoms with Crippen molar-refractivity contribution in [1.29, 1.82) is 0 Å². The zero-order valence-electron chi connectivity index (χ0n) is 12.2. The molecule has 0 saturated carbocycles. The van der Waals surface area contributed by atoms with E-state index in [9.17, 15) is 9.18 Å². The number of nitrogens with zero attached hydrogens (tertiary/aromatic N) is 1. The number of carbonyl (C=O) groups is 1. The van der Waals surface area contributed by atoms with Gasteiger partial charge >= 0.3 is 0 Å². The number of piperidine rings is 1. The maximum atomic E-state index is 13.7. The van der Waals surface area contributed by atoms with E-state index in [0.717, 1.165) is 19.3 Å². The highest BCUT2D eigenvalue weighted by atomic mass is 19.1. The van der Waals surface area contributed by atoms with Crippen LogP contribution in [0.4, 0.5) is 4.39 Å². The van der Waals surface area contributed by atoms with Gasteiger partial charge in [-0.15, -0.1) is 0 Å². The Balaban J connectivity index is 1.81. The summed E-state index contributed by atoms with van der Waals surface area (Å²) in [6.07, 6.45) is 2.54. The van der Waals surface area contributed by atoms with Crippen LogP contribution in [0.2, 0.25) is 0 Å². The Bertz CT molecular complexity index is 528. The lowest BCUT2D eigenvalue weighted by Gasteiger charge is -2.38. The Kier molecular flexibility index (Phi) is 4.22. The first kappa shape index (κ1) is 14.5. The van der Waals surface area contributed by atoms with Crippen LogP contribution in [0, 0.1) is 12.7 Å². The maximum Gasteiger partial charge on any atom is 0.254 e. The van der Waals surface area contributed by atoms with E-state index in [1.54, 1.807) is 24.0 Å². The summed E-state index contributed by atoms with van der Waals surface area (Å²) in [6.45, 7) is 3.50. The van der Waals surface area contributed by atoms with Crippen molar-refractivity contribution in [3.05, 3.63) is 35.1 Å². The van der Waals surface area contributed by atoms with Crippen LogP contribution < -0.4 is 0 Å². The van der Waals surface area contributed by atoms with Gasteiger partial charge in [0.15, 0.2) is 6.29 Å². The van der Waals surface area contributed by atoms with Crippen LogP contribution in [0.3, 0.4) is 0 Å². The number of rotatable bonds is 2. The zero-order chi connectivity index (χ0) is 14.8. The monoisotopic (exact) mass is 293 g/mol. The third-order valence-corrected chi connectivity index (χ3v) is 4.19. The molecule has 1 atom stereocenters. The number of aryl methyl sites for hydroxylation is 1. The Hall–Kier alpha value is -1.46. The standard InChI is InChI=1S/C16H20FNO3/c1-11-5-6-12(10-13(11)17)15(19)18-7-3-2-4-14(18)16-20-8-9-21-16/h5-6,10,14,16H,2-4,7-9H2,1H3. The van der Waals surface area contributed by atoms with Crippen LogP contribution in [-0.4, -0.2) is 42.9 Å². The molecule has 21 heavy (non-hydrogen) atoms. The van der Waals surface area contributed by atoms with Crippen molar-refractivity contribution in [3.63, 3.8) is 0 Å². The molecule has 1 amide bonds. The Labute approximate surface area is 123 Å². The molecule has 1 aromatic rings. The van der Waals surface area contributed by atoms with Gasteiger partial charge in [0, 0.05) is 12.1 Å². The maximum absolute atomic E-state index is 13.7. The minimum Gasteiger partial charge on any atom is -0.348 e. The molecule has 114 valence electrons. The molecule has 4 nitrogen and oxygen atoms in total. The van der Waals surface area contributed by atoms with Crippen LogP contribution in [-0.2, 0) is 9.47 Å². The van der Waals surface area contributed by atoms with E-state index in [2.05, 4.69) is 0 Å². The van der Waals surface area contributed by atoms with Crippen LogP contribution in [0.1, 0.15) is 35.2 Å². The highest BCUT2D eigenvalue weighted by Gasteiger charge is 2.36. The fourth-order valence-corrected chi connectivity index (χ4v) is 2.98. The first-order valence-corrected chi connectivity index (χ1v) is 7.47. The van der Waals surface area contributed by atoms with Crippen molar-refractivity contribution in [1.82, 2.24) is 4.90 Å². The second-order valence-corrected chi connectivity index (χ2v) is 5.64. The number of hydrogen-bond donors (Lipinski definition) is 0. The predicted octanol–water partition coefficient (Wildman–Crippen LogP) is 2.50. The van der Waals surface area contributed by atoms with Crippen LogP contribution in [0.25, 0.3) is 0 Å². The number of benzene rings is 1. The van der Waals surface area contributed by atoms with E-state index in [4.69, 9.17) is 9.47 Å². The Morgan fingerprint density at radius 2 is 2.05 bits per heavy atom. The van der Waals surface area contributed by atoms with Crippen LogP contribution >= 0.6 is 0 Å². The summed E-state index contributed by atoms with van der Waals surface area (Å²) in [5.41, 5.74) is 0.937. The molecule has 2 saturated heterocycles. The fraction of sp³-hybridized carbons (Fsp3) is 0.562. The van der Waals surface area contributed by atoms with Gasteiger partial charge in [0.25, 0.3) is 5.91 Å².